The predicted molar refractivity (Wildman–Crippen MR) is 113 cm³/mol. The van der Waals surface area contributed by atoms with E-state index in [2.05, 4.69) is 10.6 Å². The maximum atomic E-state index is 13.5. The molecule has 154 valence electrons. The molecule has 0 aromatic heterocycles. The van der Waals surface area contributed by atoms with Gasteiger partial charge in [-0.05, 0) is 38.3 Å². The largest absolute Gasteiger partial charge is 0.324 e. The standard InChI is InChI=1S/C24H25N3O3/c1-13-11-14(2)20-17(12-13)24(23(30)25-20)19-18(15(3)26-24)21(28)27(22(19)29)10-9-16-7-5-4-6-8-16/h4-8,11-12,15,18-19,26H,9-10H2,1-3H3,(H,25,30). The van der Waals surface area contributed by atoms with Gasteiger partial charge in [0.2, 0.25) is 17.7 Å². The Kier molecular flexibility index (Phi) is 4.12. The van der Waals surface area contributed by atoms with Crippen LogP contribution in [0.1, 0.15) is 29.2 Å². The molecule has 0 bridgehead atoms. The molecular weight excluding hydrogens is 378 g/mol. The van der Waals surface area contributed by atoms with Crippen LogP contribution >= 0.6 is 0 Å². The van der Waals surface area contributed by atoms with E-state index in [1.165, 1.54) is 4.90 Å². The van der Waals surface area contributed by atoms with E-state index in [0.29, 0.717) is 13.0 Å². The van der Waals surface area contributed by atoms with E-state index < -0.39 is 17.4 Å². The summed E-state index contributed by atoms with van der Waals surface area (Å²) in [5.74, 6) is -1.93. The van der Waals surface area contributed by atoms with Gasteiger partial charge in [-0.3, -0.25) is 24.6 Å². The summed E-state index contributed by atoms with van der Waals surface area (Å²) in [4.78, 5) is 41.5. The van der Waals surface area contributed by atoms with Crippen LogP contribution in [0, 0.1) is 25.7 Å². The van der Waals surface area contributed by atoms with Gasteiger partial charge in [0.05, 0.1) is 11.8 Å². The number of nitrogens with one attached hydrogen (secondary N) is 2. The Hall–Kier alpha value is -2.99. The van der Waals surface area contributed by atoms with Gasteiger partial charge in [0.1, 0.15) is 5.54 Å². The van der Waals surface area contributed by atoms with Crippen molar-refractivity contribution < 1.29 is 14.4 Å². The highest BCUT2D eigenvalue weighted by atomic mass is 16.2. The molecule has 4 unspecified atom stereocenters. The molecule has 3 amide bonds. The molecule has 2 fully saturated rings. The first kappa shape index (κ1) is 19.0. The van der Waals surface area contributed by atoms with Crippen molar-refractivity contribution in [3.8, 4) is 0 Å². The second-order valence-corrected chi connectivity index (χ2v) is 8.77. The molecule has 3 heterocycles. The monoisotopic (exact) mass is 403 g/mol. The fourth-order valence-corrected chi connectivity index (χ4v) is 5.59. The number of aryl methyl sites for hydroxylation is 2. The fraction of sp³-hybridized carbons (Fsp3) is 0.375. The second-order valence-electron chi connectivity index (χ2n) is 8.77. The number of rotatable bonds is 3. The molecule has 2 aromatic carbocycles. The maximum Gasteiger partial charge on any atom is 0.250 e. The lowest BCUT2D eigenvalue weighted by Gasteiger charge is -2.29. The van der Waals surface area contributed by atoms with E-state index in [1.54, 1.807) is 0 Å². The van der Waals surface area contributed by atoms with Crippen LogP contribution in [0.15, 0.2) is 42.5 Å². The number of anilines is 1. The van der Waals surface area contributed by atoms with E-state index in [-0.39, 0.29) is 23.8 Å². The summed E-state index contributed by atoms with van der Waals surface area (Å²) in [6.45, 7) is 6.16. The lowest BCUT2D eigenvalue weighted by molar-refractivity contribution is -0.142. The Morgan fingerprint density at radius 2 is 1.77 bits per heavy atom. The van der Waals surface area contributed by atoms with Crippen LogP contribution in [0.4, 0.5) is 5.69 Å². The van der Waals surface area contributed by atoms with Crippen LogP contribution in [0.5, 0.6) is 0 Å². The number of benzene rings is 2. The van der Waals surface area contributed by atoms with E-state index >= 15 is 0 Å². The Morgan fingerprint density at radius 1 is 1.03 bits per heavy atom. The number of likely N-dealkylation sites (tertiary alicyclic amines) is 1. The van der Waals surface area contributed by atoms with Gasteiger partial charge in [-0.1, -0.05) is 48.0 Å². The first-order valence-electron chi connectivity index (χ1n) is 10.4. The summed E-state index contributed by atoms with van der Waals surface area (Å²) in [5.41, 5.74) is 3.42. The van der Waals surface area contributed by atoms with Crippen LogP contribution < -0.4 is 10.6 Å². The van der Waals surface area contributed by atoms with Crippen molar-refractivity contribution >= 4 is 23.4 Å². The quantitative estimate of drug-likeness (QED) is 0.771. The number of imide groups is 1. The third-order valence-corrected chi connectivity index (χ3v) is 6.87. The van der Waals surface area contributed by atoms with E-state index in [1.807, 2.05) is 63.2 Å². The molecule has 2 N–H and O–H groups in total. The minimum atomic E-state index is -1.19. The number of hydrogen-bond acceptors (Lipinski definition) is 4. The molecular formula is C24H25N3O3. The van der Waals surface area contributed by atoms with Crippen LogP contribution in [-0.2, 0) is 26.3 Å². The molecule has 0 saturated carbocycles. The number of carbonyl (C=O) groups is 3. The van der Waals surface area contributed by atoms with Gasteiger partial charge in [0.25, 0.3) is 0 Å². The first-order chi connectivity index (χ1) is 14.3. The smallest absolute Gasteiger partial charge is 0.250 e. The molecule has 2 saturated heterocycles. The molecule has 6 heteroatoms. The van der Waals surface area contributed by atoms with Gasteiger partial charge in [-0.15, -0.1) is 0 Å². The predicted octanol–water partition coefficient (Wildman–Crippen LogP) is 2.29. The third-order valence-electron chi connectivity index (χ3n) is 6.87. The number of carbonyl (C=O) groups excluding carboxylic acids is 3. The van der Waals surface area contributed by atoms with Crippen LogP contribution in [-0.4, -0.2) is 35.2 Å². The zero-order valence-electron chi connectivity index (χ0n) is 17.4. The average Bonchev–Trinajstić information content (AvgIpc) is 3.27. The minimum Gasteiger partial charge on any atom is -0.324 e. The van der Waals surface area contributed by atoms with Crippen molar-refractivity contribution in [2.45, 2.75) is 38.8 Å². The van der Waals surface area contributed by atoms with E-state index in [9.17, 15) is 14.4 Å². The highest BCUT2D eigenvalue weighted by Gasteiger charge is 2.69. The normalized spacial score (nSPS) is 29.5. The lowest BCUT2D eigenvalue weighted by atomic mass is 9.76. The van der Waals surface area contributed by atoms with Gasteiger partial charge in [-0.2, -0.15) is 0 Å². The molecule has 6 nitrogen and oxygen atoms in total. The zero-order valence-corrected chi connectivity index (χ0v) is 17.4. The Balaban J connectivity index is 1.54. The van der Waals surface area contributed by atoms with Crippen molar-refractivity contribution in [2.75, 3.05) is 11.9 Å². The number of amides is 3. The lowest BCUT2D eigenvalue weighted by Crippen LogP contribution is -2.53. The Bertz CT molecular complexity index is 1080. The van der Waals surface area contributed by atoms with Crippen molar-refractivity contribution in [3.05, 3.63) is 64.7 Å². The number of fused-ring (bicyclic) bond motifs is 4. The number of hydrogen-bond donors (Lipinski definition) is 2. The summed E-state index contributed by atoms with van der Waals surface area (Å²) >= 11 is 0. The topological polar surface area (TPSA) is 78.5 Å². The second kappa shape index (κ2) is 6.51. The zero-order chi connectivity index (χ0) is 21.2. The molecule has 0 aliphatic carbocycles. The van der Waals surface area contributed by atoms with Gasteiger partial charge in [-0.25, -0.2) is 0 Å². The van der Waals surface area contributed by atoms with Crippen LogP contribution in [0.2, 0.25) is 0 Å². The summed E-state index contributed by atoms with van der Waals surface area (Å²) in [5, 5.41) is 6.35. The fourth-order valence-electron chi connectivity index (χ4n) is 5.59. The summed E-state index contributed by atoms with van der Waals surface area (Å²) in [6.07, 6.45) is 0.605. The molecule has 3 aliphatic heterocycles. The summed E-state index contributed by atoms with van der Waals surface area (Å²) in [6, 6.07) is 13.5. The first-order valence-corrected chi connectivity index (χ1v) is 10.4. The Morgan fingerprint density at radius 3 is 2.50 bits per heavy atom. The van der Waals surface area contributed by atoms with Gasteiger partial charge >= 0.3 is 0 Å². The van der Waals surface area contributed by atoms with Gasteiger partial charge in [0.15, 0.2) is 0 Å². The summed E-state index contributed by atoms with van der Waals surface area (Å²) < 4.78 is 0. The third kappa shape index (κ3) is 2.43. The van der Waals surface area contributed by atoms with Crippen LogP contribution in [0.3, 0.4) is 0 Å². The highest BCUT2D eigenvalue weighted by Crippen LogP contribution is 2.53. The molecule has 30 heavy (non-hydrogen) atoms. The summed E-state index contributed by atoms with van der Waals surface area (Å²) in [7, 11) is 0. The molecule has 3 aliphatic rings. The molecule has 2 aromatic rings. The van der Waals surface area contributed by atoms with Crippen molar-refractivity contribution in [1.29, 1.82) is 0 Å². The van der Waals surface area contributed by atoms with Crippen molar-refractivity contribution in [3.63, 3.8) is 0 Å². The van der Waals surface area contributed by atoms with Gasteiger partial charge in [0, 0.05) is 23.8 Å². The van der Waals surface area contributed by atoms with E-state index in [4.69, 9.17) is 0 Å². The highest BCUT2D eigenvalue weighted by molar-refractivity contribution is 6.15. The van der Waals surface area contributed by atoms with E-state index in [0.717, 1.165) is 27.9 Å². The SMILES string of the molecule is Cc1cc(C)c2c(c1)C1(NC(C)C3C(=O)N(CCc4ccccc4)C(=O)C31)C(=O)N2. The van der Waals surface area contributed by atoms with Gasteiger partial charge < -0.3 is 5.32 Å². The van der Waals surface area contributed by atoms with Crippen LogP contribution in [0.25, 0.3) is 0 Å². The number of nitrogens with zero attached hydrogens (tertiary/aromatic N) is 1. The molecule has 5 rings (SSSR count). The molecule has 1 spiro atoms. The molecule has 4 atom stereocenters. The van der Waals surface area contributed by atoms with Crippen molar-refractivity contribution in [1.82, 2.24) is 10.2 Å². The Labute approximate surface area is 175 Å². The average molecular weight is 403 g/mol. The molecule has 0 radical (unpaired) electrons. The van der Waals surface area contributed by atoms with Crippen molar-refractivity contribution in [2.24, 2.45) is 11.8 Å². The maximum absolute atomic E-state index is 13.5. The minimum absolute atomic E-state index is 0.177.